The number of methoxy groups -OCH3 is 3. The lowest BCUT2D eigenvalue weighted by atomic mass is 10.1. The van der Waals surface area contributed by atoms with E-state index in [1.54, 1.807) is 12.1 Å². The largest absolute Gasteiger partial charge is 0.493 e. The number of carbonyl (C=O) groups excluding carboxylic acids is 3. The highest BCUT2D eigenvalue weighted by Gasteiger charge is 2.18. The summed E-state index contributed by atoms with van der Waals surface area (Å²) in [4.78, 5) is 36.5. The van der Waals surface area contributed by atoms with Crippen molar-refractivity contribution in [1.29, 1.82) is 0 Å². The normalized spacial score (nSPS) is 10.2. The Hall–Kier alpha value is -3.55. The fourth-order valence-electron chi connectivity index (χ4n) is 2.89. The molecule has 31 heavy (non-hydrogen) atoms. The van der Waals surface area contributed by atoms with Crippen LogP contribution in [-0.4, -0.2) is 52.1 Å². The topological polar surface area (TPSA) is 100 Å². The van der Waals surface area contributed by atoms with Crippen molar-refractivity contribution in [3.05, 3.63) is 53.1 Å². The SMILES string of the molecule is CCCc1ccc(C(=O)COC(=O)CNC(=O)c2cc(OC)c(OC)c(OC)c2)cc1. The van der Waals surface area contributed by atoms with Crippen LogP contribution in [0.2, 0.25) is 0 Å². The molecule has 0 fully saturated rings. The van der Waals surface area contributed by atoms with Crippen LogP contribution in [0.25, 0.3) is 0 Å². The Kier molecular flexibility index (Phi) is 8.87. The molecule has 2 rings (SSSR count). The van der Waals surface area contributed by atoms with Gasteiger partial charge in [-0.1, -0.05) is 37.6 Å². The van der Waals surface area contributed by atoms with Gasteiger partial charge in [-0.05, 0) is 24.1 Å². The predicted molar refractivity (Wildman–Crippen MR) is 114 cm³/mol. The Morgan fingerprint density at radius 2 is 1.48 bits per heavy atom. The average Bonchev–Trinajstić information content (AvgIpc) is 2.80. The van der Waals surface area contributed by atoms with E-state index in [9.17, 15) is 14.4 Å². The molecule has 0 atom stereocenters. The van der Waals surface area contributed by atoms with Crippen LogP contribution in [0.1, 0.15) is 39.6 Å². The molecule has 0 saturated carbocycles. The molecule has 0 saturated heterocycles. The maximum atomic E-state index is 12.4. The first-order chi connectivity index (χ1) is 14.9. The van der Waals surface area contributed by atoms with E-state index in [1.165, 1.54) is 33.5 Å². The van der Waals surface area contributed by atoms with Crippen LogP contribution < -0.4 is 19.5 Å². The maximum absolute atomic E-state index is 12.4. The number of aryl methyl sites for hydroxylation is 1. The molecule has 2 aromatic carbocycles. The number of carbonyl (C=O) groups is 3. The lowest BCUT2D eigenvalue weighted by Gasteiger charge is -2.14. The van der Waals surface area contributed by atoms with Gasteiger partial charge in [0.2, 0.25) is 5.75 Å². The number of hydrogen-bond acceptors (Lipinski definition) is 7. The van der Waals surface area contributed by atoms with E-state index < -0.39 is 25.0 Å². The summed E-state index contributed by atoms with van der Waals surface area (Å²) in [6, 6.07) is 10.1. The van der Waals surface area contributed by atoms with Gasteiger partial charge in [0.25, 0.3) is 5.91 Å². The van der Waals surface area contributed by atoms with Crippen LogP contribution in [0, 0.1) is 0 Å². The lowest BCUT2D eigenvalue weighted by molar-refractivity contribution is -0.141. The Balaban J connectivity index is 1.89. The predicted octanol–water partition coefficient (Wildman–Crippen LogP) is 2.82. The molecular formula is C23H27NO7. The van der Waals surface area contributed by atoms with Crippen molar-refractivity contribution in [2.45, 2.75) is 19.8 Å². The molecular weight excluding hydrogens is 402 g/mol. The molecule has 0 aromatic heterocycles. The van der Waals surface area contributed by atoms with Crippen LogP contribution in [0.15, 0.2) is 36.4 Å². The average molecular weight is 429 g/mol. The second-order valence-electron chi connectivity index (χ2n) is 6.63. The van der Waals surface area contributed by atoms with Crippen molar-refractivity contribution >= 4 is 17.7 Å². The van der Waals surface area contributed by atoms with Crippen molar-refractivity contribution in [2.75, 3.05) is 34.5 Å². The summed E-state index contributed by atoms with van der Waals surface area (Å²) in [7, 11) is 4.33. The summed E-state index contributed by atoms with van der Waals surface area (Å²) in [5.74, 6) is -0.601. The zero-order chi connectivity index (χ0) is 22.8. The fraction of sp³-hybridized carbons (Fsp3) is 0.348. The summed E-state index contributed by atoms with van der Waals surface area (Å²) < 4.78 is 20.6. The second-order valence-corrected chi connectivity index (χ2v) is 6.63. The van der Waals surface area contributed by atoms with Gasteiger partial charge in [0.05, 0.1) is 21.3 Å². The number of ether oxygens (including phenoxy) is 4. The smallest absolute Gasteiger partial charge is 0.325 e. The number of hydrogen-bond donors (Lipinski definition) is 1. The van der Waals surface area contributed by atoms with Crippen LogP contribution >= 0.6 is 0 Å². The number of nitrogens with one attached hydrogen (secondary N) is 1. The van der Waals surface area contributed by atoms with Gasteiger partial charge in [-0.2, -0.15) is 0 Å². The van der Waals surface area contributed by atoms with Crippen molar-refractivity contribution < 1.29 is 33.3 Å². The third-order valence-corrected chi connectivity index (χ3v) is 4.50. The molecule has 0 unspecified atom stereocenters. The van der Waals surface area contributed by atoms with Gasteiger partial charge >= 0.3 is 5.97 Å². The quantitative estimate of drug-likeness (QED) is 0.433. The van der Waals surface area contributed by atoms with Gasteiger partial charge in [0, 0.05) is 11.1 Å². The van der Waals surface area contributed by atoms with Crippen molar-refractivity contribution in [3.63, 3.8) is 0 Å². The highest BCUT2D eigenvalue weighted by molar-refractivity contribution is 5.99. The number of ketones is 1. The first-order valence-corrected chi connectivity index (χ1v) is 9.79. The fourth-order valence-corrected chi connectivity index (χ4v) is 2.89. The second kappa shape index (κ2) is 11.6. The van der Waals surface area contributed by atoms with Crippen LogP contribution in [-0.2, 0) is 16.0 Å². The van der Waals surface area contributed by atoms with E-state index in [0.717, 1.165) is 18.4 Å². The van der Waals surface area contributed by atoms with E-state index >= 15 is 0 Å². The van der Waals surface area contributed by atoms with E-state index in [4.69, 9.17) is 18.9 Å². The van der Waals surface area contributed by atoms with Gasteiger partial charge in [0.1, 0.15) is 6.54 Å². The van der Waals surface area contributed by atoms with Crippen molar-refractivity contribution in [1.82, 2.24) is 5.32 Å². The van der Waals surface area contributed by atoms with Crippen molar-refractivity contribution in [3.8, 4) is 17.2 Å². The van der Waals surface area contributed by atoms with Crippen molar-refractivity contribution in [2.24, 2.45) is 0 Å². The molecule has 0 aliphatic carbocycles. The molecule has 0 heterocycles. The van der Waals surface area contributed by atoms with Gasteiger partial charge < -0.3 is 24.3 Å². The Morgan fingerprint density at radius 1 is 0.871 bits per heavy atom. The van der Waals surface area contributed by atoms with E-state index in [2.05, 4.69) is 12.2 Å². The zero-order valence-corrected chi connectivity index (χ0v) is 18.2. The van der Waals surface area contributed by atoms with Crippen LogP contribution in [0.3, 0.4) is 0 Å². The number of amides is 1. The highest BCUT2D eigenvalue weighted by atomic mass is 16.5. The number of benzene rings is 2. The molecule has 0 spiro atoms. The van der Waals surface area contributed by atoms with E-state index in [1.807, 2.05) is 12.1 Å². The Labute approximate surface area is 181 Å². The summed E-state index contributed by atoms with van der Waals surface area (Å²) >= 11 is 0. The summed E-state index contributed by atoms with van der Waals surface area (Å²) in [5, 5.41) is 2.45. The Morgan fingerprint density at radius 3 is 2.00 bits per heavy atom. The van der Waals surface area contributed by atoms with Gasteiger partial charge in [-0.3, -0.25) is 14.4 Å². The minimum atomic E-state index is -0.725. The number of Topliss-reactive ketones (excluding diaryl/α,β-unsaturated/α-hetero) is 1. The summed E-state index contributed by atoms with van der Waals surface area (Å²) in [6.07, 6.45) is 1.96. The monoisotopic (exact) mass is 429 g/mol. The van der Waals surface area contributed by atoms with Crippen LogP contribution in [0.5, 0.6) is 17.2 Å². The molecule has 0 radical (unpaired) electrons. The van der Waals surface area contributed by atoms with Crippen LogP contribution in [0.4, 0.5) is 0 Å². The third-order valence-electron chi connectivity index (χ3n) is 4.50. The first-order valence-electron chi connectivity index (χ1n) is 9.79. The molecule has 0 bridgehead atoms. The minimum Gasteiger partial charge on any atom is -0.493 e. The maximum Gasteiger partial charge on any atom is 0.325 e. The lowest BCUT2D eigenvalue weighted by Crippen LogP contribution is -2.31. The Bertz CT molecular complexity index is 897. The highest BCUT2D eigenvalue weighted by Crippen LogP contribution is 2.38. The first kappa shape index (κ1) is 23.7. The molecule has 1 amide bonds. The molecule has 166 valence electrons. The van der Waals surface area contributed by atoms with Gasteiger partial charge in [0.15, 0.2) is 23.9 Å². The third kappa shape index (κ3) is 6.47. The number of esters is 1. The molecule has 0 aliphatic heterocycles. The molecule has 0 aliphatic rings. The zero-order valence-electron chi connectivity index (χ0n) is 18.2. The van der Waals surface area contributed by atoms with Gasteiger partial charge in [-0.15, -0.1) is 0 Å². The molecule has 1 N–H and O–H groups in total. The van der Waals surface area contributed by atoms with E-state index in [-0.39, 0.29) is 11.3 Å². The minimum absolute atomic E-state index is 0.213. The number of rotatable bonds is 11. The molecule has 2 aromatic rings. The van der Waals surface area contributed by atoms with Gasteiger partial charge in [-0.25, -0.2) is 0 Å². The standard InChI is InChI=1S/C23H27NO7/c1-5-6-15-7-9-16(10-8-15)18(25)14-31-21(26)13-24-23(27)17-11-19(28-2)22(30-4)20(12-17)29-3/h7-12H,5-6,13-14H2,1-4H3,(H,24,27). The molecule has 8 heteroatoms. The summed E-state index contributed by atoms with van der Waals surface area (Å²) in [5.41, 5.74) is 1.82. The van der Waals surface area contributed by atoms with E-state index in [0.29, 0.717) is 22.8 Å². The summed E-state index contributed by atoms with van der Waals surface area (Å²) in [6.45, 7) is 1.29. The molecule has 8 nitrogen and oxygen atoms in total.